The molecule has 0 aliphatic carbocycles. The number of carbonyl (C=O) groups excluding carboxylic acids is 1. The van der Waals surface area contributed by atoms with Crippen molar-refractivity contribution < 1.29 is 9.53 Å². The number of benzene rings is 2. The maximum Gasteiger partial charge on any atom is 0.323 e. The molecule has 0 fully saturated rings. The Morgan fingerprint density at radius 3 is 2.32 bits per heavy atom. The van der Waals surface area contributed by atoms with Crippen LogP contribution in [0.5, 0.6) is 5.88 Å². The highest BCUT2D eigenvalue weighted by molar-refractivity contribution is 6.00. The van der Waals surface area contributed by atoms with Crippen LogP contribution in [-0.2, 0) is 12.0 Å². The van der Waals surface area contributed by atoms with E-state index in [0.717, 1.165) is 11.3 Å². The van der Waals surface area contributed by atoms with Gasteiger partial charge in [-0.05, 0) is 40.8 Å². The first-order chi connectivity index (χ1) is 13.4. The number of anilines is 2. The van der Waals surface area contributed by atoms with Crippen LogP contribution in [0.15, 0.2) is 72.9 Å². The lowest BCUT2D eigenvalue weighted by Gasteiger charge is -2.19. The summed E-state index contributed by atoms with van der Waals surface area (Å²) in [7, 11) is 0. The third kappa shape index (κ3) is 5.33. The van der Waals surface area contributed by atoms with E-state index in [9.17, 15) is 4.79 Å². The molecule has 144 valence electrons. The highest BCUT2D eigenvalue weighted by atomic mass is 16.5. The number of nitrogens with one attached hydrogen (secondary N) is 2. The minimum absolute atomic E-state index is 0.0709. The molecule has 0 aliphatic heterocycles. The SMILES string of the molecule is CC(C)(C)c1ccc(NC(=O)Nc2cccnc2OCc2ccccc2)cc1. The van der Waals surface area contributed by atoms with Crippen LogP contribution in [0.1, 0.15) is 31.9 Å². The molecule has 5 nitrogen and oxygen atoms in total. The molecule has 1 heterocycles. The van der Waals surface area contributed by atoms with Gasteiger partial charge < -0.3 is 15.4 Å². The second kappa shape index (κ2) is 8.57. The number of pyridine rings is 1. The van der Waals surface area contributed by atoms with Gasteiger partial charge in [0.1, 0.15) is 12.3 Å². The van der Waals surface area contributed by atoms with Crippen molar-refractivity contribution in [3.63, 3.8) is 0 Å². The van der Waals surface area contributed by atoms with E-state index in [-0.39, 0.29) is 11.4 Å². The number of nitrogens with zero attached hydrogens (tertiary/aromatic N) is 1. The number of ether oxygens (including phenoxy) is 1. The smallest absolute Gasteiger partial charge is 0.323 e. The summed E-state index contributed by atoms with van der Waals surface area (Å²) in [5.41, 5.74) is 3.55. The maximum atomic E-state index is 12.4. The molecule has 0 saturated carbocycles. The predicted molar refractivity (Wildman–Crippen MR) is 113 cm³/mol. The first-order valence-corrected chi connectivity index (χ1v) is 9.22. The van der Waals surface area contributed by atoms with Crippen LogP contribution in [-0.4, -0.2) is 11.0 Å². The zero-order valence-electron chi connectivity index (χ0n) is 16.4. The van der Waals surface area contributed by atoms with Crippen molar-refractivity contribution in [2.24, 2.45) is 0 Å². The van der Waals surface area contributed by atoms with Crippen LogP contribution in [0.25, 0.3) is 0 Å². The van der Waals surface area contributed by atoms with Gasteiger partial charge in [0, 0.05) is 11.9 Å². The van der Waals surface area contributed by atoms with E-state index in [1.54, 1.807) is 18.3 Å². The molecule has 5 heteroatoms. The van der Waals surface area contributed by atoms with Gasteiger partial charge in [-0.25, -0.2) is 9.78 Å². The Morgan fingerprint density at radius 2 is 1.64 bits per heavy atom. The van der Waals surface area contributed by atoms with Crippen LogP contribution in [0.3, 0.4) is 0 Å². The fraction of sp³-hybridized carbons (Fsp3) is 0.217. The van der Waals surface area contributed by atoms with Gasteiger partial charge in [0.15, 0.2) is 0 Å². The average molecular weight is 375 g/mol. The highest BCUT2D eigenvalue weighted by Crippen LogP contribution is 2.24. The van der Waals surface area contributed by atoms with E-state index >= 15 is 0 Å². The first-order valence-electron chi connectivity index (χ1n) is 9.22. The van der Waals surface area contributed by atoms with Crippen LogP contribution in [0, 0.1) is 0 Å². The lowest BCUT2D eigenvalue weighted by molar-refractivity contribution is 0.261. The Hall–Kier alpha value is -3.34. The molecule has 2 N–H and O–H groups in total. The van der Waals surface area contributed by atoms with Crippen molar-refractivity contribution in [3.8, 4) is 5.88 Å². The lowest BCUT2D eigenvalue weighted by atomic mass is 9.87. The monoisotopic (exact) mass is 375 g/mol. The van der Waals surface area contributed by atoms with Crippen LogP contribution in [0.2, 0.25) is 0 Å². The Balaban J connectivity index is 1.62. The van der Waals surface area contributed by atoms with E-state index in [1.807, 2.05) is 54.6 Å². The number of carbonyl (C=O) groups is 1. The Bertz CT molecular complexity index is 917. The van der Waals surface area contributed by atoms with Crippen molar-refractivity contribution in [1.29, 1.82) is 0 Å². The molecule has 0 saturated heterocycles. The molecule has 0 unspecified atom stereocenters. The number of hydrogen-bond donors (Lipinski definition) is 2. The molecule has 0 aliphatic rings. The van der Waals surface area contributed by atoms with Gasteiger partial charge in [-0.15, -0.1) is 0 Å². The van der Waals surface area contributed by atoms with Gasteiger partial charge in [0.05, 0.1) is 0 Å². The third-order valence-electron chi connectivity index (χ3n) is 4.25. The molecule has 1 aromatic heterocycles. The normalized spacial score (nSPS) is 11.0. The summed E-state index contributed by atoms with van der Waals surface area (Å²) in [6.45, 7) is 6.84. The second-order valence-corrected chi connectivity index (χ2v) is 7.54. The molecule has 2 amide bonds. The Labute approximate surface area is 165 Å². The van der Waals surface area contributed by atoms with Crippen molar-refractivity contribution >= 4 is 17.4 Å². The summed E-state index contributed by atoms with van der Waals surface area (Å²) < 4.78 is 5.77. The van der Waals surface area contributed by atoms with E-state index in [2.05, 4.69) is 36.4 Å². The standard InChI is InChI=1S/C23H25N3O2/c1-23(2,3)18-11-13-19(14-12-18)25-22(27)26-20-10-7-15-24-21(20)28-16-17-8-5-4-6-9-17/h4-15H,16H2,1-3H3,(H2,25,26,27). The van der Waals surface area contributed by atoms with Gasteiger partial charge in [0.25, 0.3) is 0 Å². The number of aromatic nitrogens is 1. The van der Waals surface area contributed by atoms with E-state index in [1.165, 1.54) is 5.56 Å². The molecule has 0 atom stereocenters. The topological polar surface area (TPSA) is 63.2 Å². The summed E-state index contributed by atoms with van der Waals surface area (Å²) in [6, 6.07) is 20.8. The van der Waals surface area contributed by atoms with Crippen molar-refractivity contribution in [3.05, 3.63) is 84.1 Å². The quantitative estimate of drug-likeness (QED) is 0.610. The summed E-state index contributed by atoms with van der Waals surface area (Å²) in [5, 5.41) is 5.64. The number of rotatable bonds is 5. The molecule has 3 rings (SSSR count). The Morgan fingerprint density at radius 1 is 0.929 bits per heavy atom. The minimum Gasteiger partial charge on any atom is -0.471 e. The zero-order valence-corrected chi connectivity index (χ0v) is 16.4. The molecule has 28 heavy (non-hydrogen) atoms. The van der Waals surface area contributed by atoms with Gasteiger partial charge in [0.2, 0.25) is 5.88 Å². The molecule has 2 aromatic carbocycles. The highest BCUT2D eigenvalue weighted by Gasteiger charge is 2.14. The van der Waals surface area contributed by atoms with E-state index in [0.29, 0.717) is 18.2 Å². The number of hydrogen-bond acceptors (Lipinski definition) is 3. The van der Waals surface area contributed by atoms with Gasteiger partial charge in [-0.2, -0.15) is 0 Å². The molecule has 0 bridgehead atoms. The summed E-state index contributed by atoms with van der Waals surface area (Å²) in [6.07, 6.45) is 1.63. The van der Waals surface area contributed by atoms with Crippen molar-refractivity contribution in [2.75, 3.05) is 10.6 Å². The van der Waals surface area contributed by atoms with Crippen LogP contribution >= 0.6 is 0 Å². The van der Waals surface area contributed by atoms with E-state index < -0.39 is 0 Å². The van der Waals surface area contributed by atoms with Gasteiger partial charge in [-0.1, -0.05) is 63.2 Å². The fourth-order valence-corrected chi connectivity index (χ4v) is 2.67. The summed E-state index contributed by atoms with van der Waals surface area (Å²) >= 11 is 0. The first kappa shape index (κ1) is 19.4. The van der Waals surface area contributed by atoms with E-state index in [4.69, 9.17) is 4.74 Å². The maximum absolute atomic E-state index is 12.4. The van der Waals surface area contributed by atoms with Crippen LogP contribution in [0.4, 0.5) is 16.2 Å². The predicted octanol–water partition coefficient (Wildman–Crippen LogP) is 5.60. The van der Waals surface area contributed by atoms with Crippen LogP contribution < -0.4 is 15.4 Å². The lowest BCUT2D eigenvalue weighted by Crippen LogP contribution is -2.20. The third-order valence-corrected chi connectivity index (χ3v) is 4.25. The number of urea groups is 1. The molecule has 3 aromatic rings. The van der Waals surface area contributed by atoms with Gasteiger partial charge in [-0.3, -0.25) is 0 Å². The average Bonchev–Trinajstić information content (AvgIpc) is 2.68. The fourth-order valence-electron chi connectivity index (χ4n) is 2.67. The Kier molecular flexibility index (Phi) is 5.94. The molecule has 0 spiro atoms. The zero-order chi connectivity index (χ0) is 20.0. The van der Waals surface area contributed by atoms with Crippen molar-refractivity contribution in [1.82, 2.24) is 4.98 Å². The molecular weight excluding hydrogens is 350 g/mol. The summed E-state index contributed by atoms with van der Waals surface area (Å²) in [5.74, 6) is 0.379. The number of amides is 2. The minimum atomic E-state index is -0.346. The second-order valence-electron chi connectivity index (χ2n) is 7.54. The molecular formula is C23H25N3O2. The van der Waals surface area contributed by atoms with Gasteiger partial charge >= 0.3 is 6.03 Å². The summed E-state index contributed by atoms with van der Waals surface area (Å²) in [4.78, 5) is 16.6. The van der Waals surface area contributed by atoms with Crippen molar-refractivity contribution in [2.45, 2.75) is 32.8 Å². The largest absolute Gasteiger partial charge is 0.471 e. The molecule has 0 radical (unpaired) electrons.